The Bertz CT molecular complexity index is 909. The monoisotopic (exact) mass is 392 g/mol. The number of aryl methyl sites for hydroxylation is 1. The van der Waals surface area contributed by atoms with Crippen molar-refractivity contribution in [3.63, 3.8) is 0 Å². The topological polar surface area (TPSA) is 60.9 Å². The number of benzene rings is 2. The molecule has 2 fully saturated rings. The summed E-state index contributed by atoms with van der Waals surface area (Å²) in [7, 11) is 0. The molecule has 4 rings (SSSR count). The average molecular weight is 392 g/mol. The summed E-state index contributed by atoms with van der Waals surface area (Å²) >= 11 is 0. The van der Waals surface area contributed by atoms with Crippen molar-refractivity contribution < 1.29 is 14.7 Å². The molecule has 5 heteroatoms. The predicted octanol–water partition coefficient (Wildman–Crippen LogP) is 2.71. The first-order chi connectivity index (χ1) is 14.0. The maximum atomic E-state index is 12.9. The number of hydrogen-bond donors (Lipinski definition) is 1. The van der Waals surface area contributed by atoms with Crippen LogP contribution >= 0.6 is 0 Å². The second kappa shape index (κ2) is 7.99. The normalized spacial score (nSPS) is 23.3. The summed E-state index contributed by atoms with van der Waals surface area (Å²) in [6, 6.07) is 15.8. The molecule has 0 spiro atoms. The molecule has 5 nitrogen and oxygen atoms in total. The largest absolute Gasteiger partial charge is 0.392 e. The number of amides is 2. The van der Waals surface area contributed by atoms with Crippen LogP contribution in [0.4, 0.5) is 0 Å². The van der Waals surface area contributed by atoms with Gasteiger partial charge in [-0.05, 0) is 29.2 Å². The minimum Gasteiger partial charge on any atom is -0.392 e. The van der Waals surface area contributed by atoms with E-state index < -0.39 is 0 Å². The minimum absolute atomic E-state index is 0.0106. The molecule has 3 atom stereocenters. The van der Waals surface area contributed by atoms with Crippen LogP contribution in [0.5, 0.6) is 0 Å². The van der Waals surface area contributed by atoms with Crippen LogP contribution in [-0.4, -0.2) is 46.4 Å². The summed E-state index contributed by atoms with van der Waals surface area (Å²) in [6.07, 6.45) is 0.372. The molecule has 0 radical (unpaired) electrons. The quantitative estimate of drug-likeness (QED) is 0.870. The Kier molecular flexibility index (Phi) is 5.41. The SMILES string of the molecule is CC(=O)N1C[C@H]2CN(C(=O)Cc3ccc(CO)cc3)C[C@H]2[C@H]1c1ccccc1C. The molecule has 0 unspecified atom stereocenters. The number of likely N-dealkylation sites (tertiary alicyclic amines) is 2. The number of nitrogens with zero attached hydrogens (tertiary/aromatic N) is 2. The first-order valence-electron chi connectivity index (χ1n) is 10.3. The number of aliphatic hydroxyl groups excluding tert-OH is 1. The van der Waals surface area contributed by atoms with Crippen LogP contribution in [0.3, 0.4) is 0 Å². The lowest BCUT2D eigenvalue weighted by Crippen LogP contribution is -2.37. The second-order valence-corrected chi connectivity index (χ2v) is 8.35. The average Bonchev–Trinajstić information content (AvgIpc) is 3.27. The van der Waals surface area contributed by atoms with Gasteiger partial charge in [0.2, 0.25) is 11.8 Å². The van der Waals surface area contributed by atoms with E-state index in [4.69, 9.17) is 0 Å². The van der Waals surface area contributed by atoms with E-state index in [2.05, 4.69) is 19.1 Å². The molecule has 2 heterocycles. The predicted molar refractivity (Wildman–Crippen MR) is 111 cm³/mol. The Balaban J connectivity index is 1.50. The van der Waals surface area contributed by atoms with Crippen LogP contribution in [0.2, 0.25) is 0 Å². The Labute approximate surface area is 171 Å². The van der Waals surface area contributed by atoms with E-state index in [0.717, 1.165) is 11.1 Å². The Morgan fingerprint density at radius 2 is 1.69 bits per heavy atom. The van der Waals surface area contributed by atoms with Gasteiger partial charge in [-0.15, -0.1) is 0 Å². The van der Waals surface area contributed by atoms with Crippen LogP contribution in [0.15, 0.2) is 48.5 Å². The minimum atomic E-state index is 0.0106. The Hall–Kier alpha value is -2.66. The van der Waals surface area contributed by atoms with Crippen molar-refractivity contribution >= 4 is 11.8 Å². The molecule has 2 aliphatic heterocycles. The van der Waals surface area contributed by atoms with Crippen molar-refractivity contribution in [1.82, 2.24) is 9.80 Å². The van der Waals surface area contributed by atoms with Crippen LogP contribution in [0.1, 0.15) is 35.2 Å². The van der Waals surface area contributed by atoms with Crippen LogP contribution < -0.4 is 0 Å². The molecule has 2 amide bonds. The van der Waals surface area contributed by atoms with Gasteiger partial charge in [0.15, 0.2) is 0 Å². The molecule has 152 valence electrons. The van der Waals surface area contributed by atoms with Crippen molar-refractivity contribution in [2.75, 3.05) is 19.6 Å². The van der Waals surface area contributed by atoms with Gasteiger partial charge in [0.05, 0.1) is 19.1 Å². The fourth-order valence-electron chi connectivity index (χ4n) is 4.94. The van der Waals surface area contributed by atoms with Gasteiger partial charge in [-0.3, -0.25) is 9.59 Å². The number of carbonyl (C=O) groups excluding carboxylic acids is 2. The molecule has 1 N–H and O–H groups in total. The van der Waals surface area contributed by atoms with Crippen LogP contribution in [0.25, 0.3) is 0 Å². The van der Waals surface area contributed by atoms with Gasteiger partial charge in [0.25, 0.3) is 0 Å². The molecule has 2 saturated heterocycles. The fraction of sp³-hybridized carbons (Fsp3) is 0.417. The van der Waals surface area contributed by atoms with E-state index >= 15 is 0 Å². The zero-order valence-electron chi connectivity index (χ0n) is 17.0. The Morgan fingerprint density at radius 3 is 2.34 bits per heavy atom. The van der Waals surface area contributed by atoms with Gasteiger partial charge in [-0.2, -0.15) is 0 Å². The molecule has 0 bridgehead atoms. The lowest BCUT2D eigenvalue weighted by molar-refractivity contribution is -0.131. The van der Waals surface area contributed by atoms with E-state index in [1.165, 1.54) is 11.1 Å². The number of aliphatic hydroxyl groups is 1. The number of carbonyl (C=O) groups is 2. The van der Waals surface area contributed by atoms with E-state index in [0.29, 0.717) is 32.0 Å². The highest BCUT2D eigenvalue weighted by Gasteiger charge is 2.49. The van der Waals surface area contributed by atoms with Crippen molar-refractivity contribution in [2.24, 2.45) is 11.8 Å². The zero-order valence-corrected chi connectivity index (χ0v) is 17.0. The smallest absolute Gasteiger partial charge is 0.227 e. The van der Waals surface area contributed by atoms with Crippen molar-refractivity contribution in [3.8, 4) is 0 Å². The van der Waals surface area contributed by atoms with Gasteiger partial charge < -0.3 is 14.9 Å². The molecule has 2 aromatic carbocycles. The molecule has 2 aliphatic rings. The molecule has 2 aromatic rings. The molecule has 0 aliphatic carbocycles. The van der Waals surface area contributed by atoms with Crippen LogP contribution in [0, 0.1) is 18.8 Å². The highest BCUT2D eigenvalue weighted by atomic mass is 16.3. The van der Waals surface area contributed by atoms with Crippen molar-refractivity contribution in [1.29, 1.82) is 0 Å². The lowest BCUT2D eigenvalue weighted by Gasteiger charge is -2.30. The molecule has 29 heavy (non-hydrogen) atoms. The molecule has 0 saturated carbocycles. The standard InChI is InChI=1S/C24H28N2O3/c1-16-5-3-4-6-21(16)24-22-14-25(12-20(22)13-26(24)17(2)28)23(29)11-18-7-9-19(15-27)10-8-18/h3-10,20,22,24,27H,11-15H2,1-2H3/t20-,22-,24-/m1/s1. The Morgan fingerprint density at radius 1 is 1.00 bits per heavy atom. The third-order valence-electron chi connectivity index (χ3n) is 6.49. The summed E-state index contributed by atoms with van der Waals surface area (Å²) < 4.78 is 0. The van der Waals surface area contributed by atoms with E-state index in [-0.39, 0.29) is 30.4 Å². The molecule has 0 aromatic heterocycles. The van der Waals surface area contributed by atoms with Crippen molar-refractivity contribution in [3.05, 3.63) is 70.8 Å². The van der Waals surface area contributed by atoms with Gasteiger partial charge >= 0.3 is 0 Å². The van der Waals surface area contributed by atoms with Gasteiger partial charge in [-0.1, -0.05) is 48.5 Å². The first-order valence-corrected chi connectivity index (χ1v) is 10.3. The summed E-state index contributed by atoms with van der Waals surface area (Å²) in [5.41, 5.74) is 4.20. The van der Waals surface area contributed by atoms with Gasteiger partial charge in [0.1, 0.15) is 0 Å². The van der Waals surface area contributed by atoms with Crippen LogP contribution in [-0.2, 0) is 22.6 Å². The van der Waals surface area contributed by atoms with Crippen molar-refractivity contribution in [2.45, 2.75) is 32.9 Å². The highest BCUT2D eigenvalue weighted by Crippen LogP contribution is 2.45. The number of hydrogen-bond acceptors (Lipinski definition) is 3. The maximum absolute atomic E-state index is 12.9. The number of rotatable bonds is 4. The highest BCUT2D eigenvalue weighted by molar-refractivity contribution is 5.79. The maximum Gasteiger partial charge on any atom is 0.227 e. The van der Waals surface area contributed by atoms with E-state index in [1.54, 1.807) is 6.92 Å². The molecular weight excluding hydrogens is 364 g/mol. The third-order valence-corrected chi connectivity index (χ3v) is 6.49. The summed E-state index contributed by atoms with van der Waals surface area (Å²) in [6.45, 7) is 5.87. The van der Waals surface area contributed by atoms with Gasteiger partial charge in [-0.25, -0.2) is 0 Å². The first kappa shape index (κ1) is 19.6. The fourth-order valence-corrected chi connectivity index (χ4v) is 4.94. The summed E-state index contributed by atoms with van der Waals surface area (Å²) in [5, 5.41) is 9.17. The third kappa shape index (κ3) is 3.79. The van der Waals surface area contributed by atoms with Gasteiger partial charge in [0, 0.05) is 38.4 Å². The van der Waals surface area contributed by atoms with E-state index in [9.17, 15) is 14.7 Å². The van der Waals surface area contributed by atoms with E-state index in [1.807, 2.05) is 46.2 Å². The lowest BCUT2D eigenvalue weighted by atomic mass is 9.87. The summed E-state index contributed by atoms with van der Waals surface area (Å²) in [5.74, 6) is 0.841. The summed E-state index contributed by atoms with van der Waals surface area (Å²) in [4.78, 5) is 29.2. The number of fused-ring (bicyclic) bond motifs is 1. The molecular formula is C24H28N2O3. The zero-order chi connectivity index (χ0) is 20.5. The second-order valence-electron chi connectivity index (χ2n) is 8.35.